The van der Waals surface area contributed by atoms with E-state index in [-0.39, 0.29) is 41.3 Å². The van der Waals surface area contributed by atoms with Crippen LogP contribution in [0.3, 0.4) is 0 Å². The summed E-state index contributed by atoms with van der Waals surface area (Å²) in [5.41, 5.74) is 4.04. The van der Waals surface area contributed by atoms with Crippen LogP contribution in [-0.4, -0.2) is 36.2 Å². The lowest BCUT2D eigenvalue weighted by Gasteiger charge is -2.19. The number of ketones is 4. The predicted molar refractivity (Wildman–Crippen MR) is 153 cm³/mol. The van der Waals surface area contributed by atoms with Crippen LogP contribution in [0.5, 0.6) is 0 Å². The molecule has 6 heteroatoms. The number of rotatable bonds is 8. The third-order valence-corrected chi connectivity index (χ3v) is 6.98. The summed E-state index contributed by atoms with van der Waals surface area (Å²) in [7, 11) is 0. The maximum Gasteiger partial charge on any atom is 0.209 e. The number of nitrogens with one attached hydrogen (secondary N) is 2. The molecule has 0 aromatic heterocycles. The van der Waals surface area contributed by atoms with Crippen molar-refractivity contribution < 1.29 is 19.2 Å². The van der Waals surface area contributed by atoms with Gasteiger partial charge in [-0.3, -0.25) is 19.2 Å². The molecule has 3 aromatic rings. The fraction of sp³-hybridized carbons (Fsp3) is 0.176. The van der Waals surface area contributed by atoms with E-state index in [4.69, 9.17) is 0 Å². The summed E-state index contributed by atoms with van der Waals surface area (Å²) in [5.74, 6) is 5.45. The minimum Gasteiger partial charge on any atom is -0.382 e. The predicted octanol–water partition coefficient (Wildman–Crippen LogP) is 4.71. The summed E-state index contributed by atoms with van der Waals surface area (Å²) in [5, 5.41) is 6.13. The van der Waals surface area contributed by atoms with Crippen LogP contribution in [0.25, 0.3) is 0 Å². The maximum absolute atomic E-state index is 13.1. The van der Waals surface area contributed by atoms with Gasteiger partial charge in [0.2, 0.25) is 11.6 Å². The molecule has 3 aromatic carbocycles. The number of hydrogen-bond donors (Lipinski definition) is 2. The summed E-state index contributed by atoms with van der Waals surface area (Å²) < 4.78 is 0. The normalized spacial score (nSPS) is 14.7. The molecular weight excluding hydrogens is 500 g/mol. The number of hydrogen-bond acceptors (Lipinski definition) is 6. The van der Waals surface area contributed by atoms with Crippen LogP contribution in [0.15, 0.2) is 96.3 Å². The van der Waals surface area contributed by atoms with Gasteiger partial charge in [-0.05, 0) is 42.5 Å². The van der Waals surface area contributed by atoms with E-state index in [0.29, 0.717) is 40.9 Å². The zero-order valence-corrected chi connectivity index (χ0v) is 22.1. The SMILES string of the molecule is CC(CCNC1=CC(=O)c2ccccc2C1=O)Cc1ccc2c(c1)C(=O)C(NCC#Cc1ccccc1)=CC2=O. The average molecular weight is 529 g/mol. The average Bonchev–Trinajstić information content (AvgIpc) is 2.96. The van der Waals surface area contributed by atoms with Gasteiger partial charge in [0.05, 0.1) is 17.9 Å². The molecule has 0 aliphatic heterocycles. The Morgan fingerprint density at radius 3 is 2.08 bits per heavy atom. The Bertz CT molecular complexity index is 1640. The minimum atomic E-state index is -0.222. The fourth-order valence-electron chi connectivity index (χ4n) is 4.88. The molecule has 0 saturated carbocycles. The Balaban J connectivity index is 1.17. The van der Waals surface area contributed by atoms with E-state index in [1.807, 2.05) is 36.4 Å². The molecule has 2 aliphatic rings. The number of allylic oxidation sites excluding steroid dienone is 4. The molecule has 1 unspecified atom stereocenters. The first kappa shape index (κ1) is 26.6. The van der Waals surface area contributed by atoms with Crippen molar-refractivity contribution in [2.45, 2.75) is 19.8 Å². The number of fused-ring (bicyclic) bond motifs is 2. The van der Waals surface area contributed by atoms with E-state index in [2.05, 4.69) is 29.4 Å². The highest BCUT2D eigenvalue weighted by molar-refractivity contribution is 6.25. The van der Waals surface area contributed by atoms with Gasteiger partial charge in [-0.2, -0.15) is 0 Å². The number of Topliss-reactive ketones (excluding diaryl/α,β-unsaturated/α-hetero) is 2. The van der Waals surface area contributed by atoms with Crippen molar-refractivity contribution in [2.24, 2.45) is 5.92 Å². The molecule has 5 rings (SSSR count). The second-order valence-electron chi connectivity index (χ2n) is 9.97. The molecule has 2 N–H and O–H groups in total. The maximum atomic E-state index is 13.1. The van der Waals surface area contributed by atoms with Crippen LogP contribution in [0.4, 0.5) is 0 Å². The van der Waals surface area contributed by atoms with Crippen molar-refractivity contribution in [1.29, 1.82) is 0 Å². The summed E-state index contributed by atoms with van der Waals surface area (Å²) >= 11 is 0. The van der Waals surface area contributed by atoms with E-state index in [0.717, 1.165) is 17.5 Å². The van der Waals surface area contributed by atoms with Crippen molar-refractivity contribution in [3.05, 3.63) is 130 Å². The van der Waals surface area contributed by atoms with Crippen molar-refractivity contribution in [3.63, 3.8) is 0 Å². The minimum absolute atomic E-state index is 0.176. The Morgan fingerprint density at radius 1 is 0.700 bits per heavy atom. The van der Waals surface area contributed by atoms with Gasteiger partial charge in [-0.15, -0.1) is 0 Å². The Hall–Kier alpha value is -5.02. The highest BCUT2D eigenvalue weighted by atomic mass is 16.1. The molecule has 0 spiro atoms. The topological polar surface area (TPSA) is 92.3 Å². The standard InChI is InChI=1S/C34H28N2O4/c1-22(15-17-36-29-20-31(37)25-11-5-6-12-27(25)33(29)39)18-24-13-14-26-28(19-24)34(40)30(21-32(26)38)35-16-7-10-23-8-3-2-4-9-23/h2-6,8-9,11-14,19-22,35-36H,15-18H2,1H3. The lowest BCUT2D eigenvalue weighted by atomic mass is 9.88. The second-order valence-corrected chi connectivity index (χ2v) is 9.97. The summed E-state index contributed by atoms with van der Waals surface area (Å²) in [6.07, 6.45) is 4.15. The van der Waals surface area contributed by atoms with E-state index < -0.39 is 0 Å². The Labute approximate surface area is 233 Å². The monoisotopic (exact) mass is 528 g/mol. The largest absolute Gasteiger partial charge is 0.382 e. The van der Waals surface area contributed by atoms with Gasteiger partial charge in [-0.1, -0.05) is 73.4 Å². The van der Waals surface area contributed by atoms with E-state index in [9.17, 15) is 19.2 Å². The highest BCUT2D eigenvalue weighted by Crippen LogP contribution is 2.24. The van der Waals surface area contributed by atoms with Gasteiger partial charge in [-0.25, -0.2) is 0 Å². The molecule has 40 heavy (non-hydrogen) atoms. The Morgan fingerprint density at radius 2 is 1.32 bits per heavy atom. The first-order valence-corrected chi connectivity index (χ1v) is 13.3. The molecular formula is C34H28N2O4. The Kier molecular flexibility index (Phi) is 7.84. The van der Waals surface area contributed by atoms with E-state index in [1.54, 1.807) is 36.4 Å². The van der Waals surface area contributed by atoms with Gasteiger partial charge >= 0.3 is 0 Å². The molecule has 198 valence electrons. The summed E-state index contributed by atoms with van der Waals surface area (Å²) in [6, 6.07) is 21.8. The van der Waals surface area contributed by atoms with Crippen LogP contribution in [-0.2, 0) is 6.42 Å². The molecule has 0 heterocycles. The molecule has 0 saturated heterocycles. The van der Waals surface area contributed by atoms with Gasteiger partial charge in [0, 0.05) is 46.5 Å². The third-order valence-electron chi connectivity index (χ3n) is 6.98. The molecule has 0 amide bonds. The smallest absolute Gasteiger partial charge is 0.209 e. The van der Waals surface area contributed by atoms with Crippen LogP contribution in [0.1, 0.15) is 65.9 Å². The van der Waals surface area contributed by atoms with E-state index >= 15 is 0 Å². The van der Waals surface area contributed by atoms with Crippen molar-refractivity contribution in [2.75, 3.05) is 13.1 Å². The molecule has 6 nitrogen and oxygen atoms in total. The molecule has 0 radical (unpaired) electrons. The van der Waals surface area contributed by atoms with Gasteiger partial charge < -0.3 is 10.6 Å². The van der Waals surface area contributed by atoms with Gasteiger partial charge in [0.1, 0.15) is 0 Å². The molecule has 2 aliphatic carbocycles. The quantitative estimate of drug-likeness (QED) is 0.412. The number of carbonyl (C=O) groups excluding carboxylic acids is 4. The first-order valence-electron chi connectivity index (χ1n) is 13.3. The fourth-order valence-corrected chi connectivity index (χ4v) is 4.88. The number of benzene rings is 3. The zero-order valence-electron chi connectivity index (χ0n) is 22.1. The van der Waals surface area contributed by atoms with Crippen LogP contribution in [0.2, 0.25) is 0 Å². The first-order chi connectivity index (χ1) is 19.4. The lowest BCUT2D eigenvalue weighted by molar-refractivity contribution is 0.0978. The summed E-state index contributed by atoms with van der Waals surface area (Å²) in [4.78, 5) is 50.9. The van der Waals surface area contributed by atoms with E-state index in [1.165, 1.54) is 12.2 Å². The van der Waals surface area contributed by atoms with Crippen LogP contribution in [0, 0.1) is 17.8 Å². The van der Waals surface area contributed by atoms with Gasteiger partial charge in [0.15, 0.2) is 11.6 Å². The number of carbonyl (C=O) groups is 4. The van der Waals surface area contributed by atoms with Crippen molar-refractivity contribution >= 4 is 23.1 Å². The molecule has 0 bridgehead atoms. The zero-order chi connectivity index (χ0) is 28.1. The van der Waals surface area contributed by atoms with Crippen molar-refractivity contribution in [3.8, 4) is 11.8 Å². The third kappa shape index (κ3) is 5.84. The van der Waals surface area contributed by atoms with Crippen LogP contribution >= 0.6 is 0 Å². The highest BCUT2D eigenvalue weighted by Gasteiger charge is 2.26. The van der Waals surface area contributed by atoms with Gasteiger partial charge in [0.25, 0.3) is 0 Å². The molecule has 1 atom stereocenters. The van der Waals surface area contributed by atoms with Crippen molar-refractivity contribution in [1.82, 2.24) is 10.6 Å². The molecule has 0 fully saturated rings. The second kappa shape index (κ2) is 11.8. The summed E-state index contributed by atoms with van der Waals surface area (Å²) in [6.45, 7) is 2.86. The van der Waals surface area contributed by atoms with Crippen LogP contribution < -0.4 is 10.6 Å². The lowest BCUT2D eigenvalue weighted by Crippen LogP contribution is -2.28.